The third-order valence-corrected chi connectivity index (χ3v) is 7.19. The summed E-state index contributed by atoms with van der Waals surface area (Å²) in [6, 6.07) is 25.1. The van der Waals surface area contributed by atoms with Crippen molar-refractivity contribution in [3.8, 4) is 0 Å². The fraction of sp³-hybridized carbons (Fsp3) is 0.286. The number of benzene rings is 3. The van der Waals surface area contributed by atoms with Gasteiger partial charge in [0.15, 0.2) is 0 Å². The summed E-state index contributed by atoms with van der Waals surface area (Å²) >= 11 is 1.76. The molecule has 0 spiro atoms. The monoisotopic (exact) mass is 459 g/mol. The van der Waals surface area contributed by atoms with Gasteiger partial charge in [-0.2, -0.15) is 0 Å². The van der Waals surface area contributed by atoms with Crippen LogP contribution in [0.3, 0.4) is 0 Å². The van der Waals surface area contributed by atoms with Crippen LogP contribution in [0.15, 0.2) is 82.6 Å². The van der Waals surface area contributed by atoms with Gasteiger partial charge in [0.2, 0.25) is 5.91 Å². The second kappa shape index (κ2) is 10.3. The molecule has 3 aromatic carbocycles. The number of aryl methyl sites for hydroxylation is 2. The second-order valence-electron chi connectivity index (χ2n) is 8.30. The molecule has 0 atom stereocenters. The first-order valence-electron chi connectivity index (χ1n) is 11.4. The zero-order chi connectivity index (χ0) is 23.3. The minimum Gasteiger partial charge on any atom is -0.466 e. The SMILES string of the molecule is CCOC(=O)CCc1ccc(CCC2(NC(C)=O)c3ccccc3Sc3ccccc32)cc1. The average Bonchev–Trinajstić information content (AvgIpc) is 2.82. The predicted octanol–water partition coefficient (Wildman–Crippen LogP) is 5.66. The molecule has 5 heteroatoms. The Bertz CT molecular complexity index is 1090. The Morgan fingerprint density at radius 1 is 0.848 bits per heavy atom. The molecule has 0 fully saturated rings. The molecule has 1 aliphatic rings. The second-order valence-corrected chi connectivity index (χ2v) is 9.39. The van der Waals surface area contributed by atoms with Crippen molar-refractivity contribution in [1.29, 1.82) is 0 Å². The van der Waals surface area contributed by atoms with Crippen LogP contribution in [0.5, 0.6) is 0 Å². The Hall–Kier alpha value is -3.05. The molecule has 1 amide bonds. The molecular weight excluding hydrogens is 430 g/mol. The lowest BCUT2D eigenvalue weighted by molar-refractivity contribution is -0.143. The van der Waals surface area contributed by atoms with Gasteiger partial charge in [-0.1, -0.05) is 72.4 Å². The zero-order valence-corrected chi connectivity index (χ0v) is 19.9. The molecule has 1 N–H and O–H groups in total. The minimum absolute atomic E-state index is 0.0409. The number of esters is 1. The van der Waals surface area contributed by atoms with Crippen LogP contribution >= 0.6 is 11.8 Å². The molecule has 4 nitrogen and oxygen atoms in total. The van der Waals surface area contributed by atoms with Crippen molar-refractivity contribution in [2.45, 2.75) is 54.9 Å². The fourth-order valence-corrected chi connectivity index (χ4v) is 5.77. The van der Waals surface area contributed by atoms with Crippen LogP contribution in [-0.2, 0) is 32.7 Å². The van der Waals surface area contributed by atoms with Crippen molar-refractivity contribution in [2.75, 3.05) is 6.61 Å². The summed E-state index contributed by atoms with van der Waals surface area (Å²) in [4.78, 5) is 26.4. The van der Waals surface area contributed by atoms with E-state index in [0.29, 0.717) is 19.4 Å². The van der Waals surface area contributed by atoms with Crippen molar-refractivity contribution in [3.63, 3.8) is 0 Å². The highest BCUT2D eigenvalue weighted by Crippen LogP contribution is 2.49. The van der Waals surface area contributed by atoms with Crippen molar-refractivity contribution in [1.82, 2.24) is 5.32 Å². The maximum Gasteiger partial charge on any atom is 0.306 e. The largest absolute Gasteiger partial charge is 0.466 e. The molecule has 170 valence electrons. The number of nitrogens with one attached hydrogen (secondary N) is 1. The van der Waals surface area contributed by atoms with Crippen LogP contribution in [0.4, 0.5) is 0 Å². The molecule has 0 unspecified atom stereocenters. The van der Waals surface area contributed by atoms with Crippen LogP contribution < -0.4 is 5.32 Å². The van der Waals surface area contributed by atoms with Gasteiger partial charge in [0, 0.05) is 23.1 Å². The normalized spacial score (nSPS) is 13.5. The molecule has 0 saturated heterocycles. The van der Waals surface area contributed by atoms with Gasteiger partial charge < -0.3 is 10.1 Å². The maximum absolute atomic E-state index is 12.4. The molecule has 1 heterocycles. The van der Waals surface area contributed by atoms with E-state index in [9.17, 15) is 9.59 Å². The summed E-state index contributed by atoms with van der Waals surface area (Å²) in [6.45, 7) is 3.83. The number of rotatable bonds is 8. The molecular formula is C28H29NO3S. The lowest BCUT2D eigenvalue weighted by atomic mass is 9.77. The third kappa shape index (κ3) is 5.14. The van der Waals surface area contributed by atoms with Crippen LogP contribution in [0.1, 0.15) is 48.9 Å². The highest BCUT2D eigenvalue weighted by atomic mass is 32.2. The summed E-state index contributed by atoms with van der Waals surface area (Å²) in [7, 11) is 0. The van der Waals surface area contributed by atoms with E-state index in [2.05, 4.69) is 53.8 Å². The first-order valence-corrected chi connectivity index (χ1v) is 12.2. The van der Waals surface area contributed by atoms with Gasteiger partial charge in [0.25, 0.3) is 0 Å². The summed E-state index contributed by atoms with van der Waals surface area (Å²) in [5.74, 6) is -0.202. The number of hydrogen-bond acceptors (Lipinski definition) is 4. The van der Waals surface area contributed by atoms with Crippen molar-refractivity contribution < 1.29 is 14.3 Å². The zero-order valence-electron chi connectivity index (χ0n) is 19.1. The Morgan fingerprint density at radius 2 is 1.39 bits per heavy atom. The standard InChI is InChI=1S/C28H29NO3S/c1-3-32-27(31)17-16-21-12-14-22(15-13-21)18-19-28(29-20(2)30)23-8-4-6-10-25(23)33-26-11-7-5-9-24(26)28/h4-15H,3,16-19H2,1-2H3,(H,29,30). The van der Waals surface area contributed by atoms with E-state index < -0.39 is 5.54 Å². The number of hydrogen-bond donors (Lipinski definition) is 1. The summed E-state index contributed by atoms with van der Waals surface area (Å²) < 4.78 is 5.02. The Labute approximate surface area is 199 Å². The van der Waals surface area contributed by atoms with Crippen molar-refractivity contribution in [2.24, 2.45) is 0 Å². The Balaban J connectivity index is 1.59. The first-order chi connectivity index (χ1) is 16.0. The molecule has 0 aliphatic carbocycles. The van der Waals surface area contributed by atoms with Crippen molar-refractivity contribution in [3.05, 3.63) is 95.1 Å². The van der Waals surface area contributed by atoms with Gasteiger partial charge in [0.1, 0.15) is 0 Å². The summed E-state index contributed by atoms with van der Waals surface area (Å²) in [5.41, 5.74) is 4.04. The Morgan fingerprint density at radius 3 is 1.94 bits per heavy atom. The number of carbonyl (C=O) groups is 2. The molecule has 0 saturated carbocycles. The van der Waals surface area contributed by atoms with E-state index in [0.717, 1.165) is 29.5 Å². The molecule has 0 radical (unpaired) electrons. The van der Waals surface area contributed by atoms with E-state index in [-0.39, 0.29) is 11.9 Å². The number of fused-ring (bicyclic) bond motifs is 2. The van der Waals surface area contributed by atoms with E-state index >= 15 is 0 Å². The molecule has 4 rings (SSSR count). The maximum atomic E-state index is 12.4. The van der Waals surface area contributed by atoms with Gasteiger partial charge in [-0.15, -0.1) is 0 Å². The van der Waals surface area contributed by atoms with E-state index in [4.69, 9.17) is 4.74 Å². The van der Waals surface area contributed by atoms with Crippen LogP contribution in [-0.4, -0.2) is 18.5 Å². The van der Waals surface area contributed by atoms with E-state index in [1.54, 1.807) is 18.7 Å². The average molecular weight is 460 g/mol. The molecule has 3 aromatic rings. The first kappa shape index (κ1) is 23.1. The van der Waals surface area contributed by atoms with Gasteiger partial charge >= 0.3 is 5.97 Å². The van der Waals surface area contributed by atoms with E-state index in [1.165, 1.54) is 15.4 Å². The quantitative estimate of drug-likeness (QED) is 0.442. The third-order valence-electron chi connectivity index (χ3n) is 6.04. The number of ether oxygens (including phenoxy) is 1. The van der Waals surface area contributed by atoms with Crippen LogP contribution in [0.25, 0.3) is 0 Å². The molecule has 33 heavy (non-hydrogen) atoms. The van der Waals surface area contributed by atoms with Gasteiger partial charge in [0.05, 0.1) is 12.1 Å². The summed E-state index contributed by atoms with van der Waals surface area (Å²) in [5, 5.41) is 3.33. The van der Waals surface area contributed by atoms with Crippen LogP contribution in [0, 0.1) is 0 Å². The lowest BCUT2D eigenvalue weighted by Crippen LogP contribution is -2.48. The lowest BCUT2D eigenvalue weighted by Gasteiger charge is -2.41. The Kier molecular flexibility index (Phi) is 7.19. The highest BCUT2D eigenvalue weighted by Gasteiger charge is 2.41. The fourth-order valence-electron chi connectivity index (χ4n) is 4.53. The topological polar surface area (TPSA) is 55.4 Å². The number of carbonyl (C=O) groups excluding carboxylic acids is 2. The minimum atomic E-state index is -0.577. The van der Waals surface area contributed by atoms with Gasteiger partial charge in [-0.25, -0.2) is 0 Å². The summed E-state index contributed by atoms with van der Waals surface area (Å²) in [6.07, 6.45) is 2.63. The molecule has 1 aliphatic heterocycles. The van der Waals surface area contributed by atoms with Crippen molar-refractivity contribution >= 4 is 23.6 Å². The van der Waals surface area contributed by atoms with E-state index in [1.807, 2.05) is 31.2 Å². The highest BCUT2D eigenvalue weighted by molar-refractivity contribution is 7.99. The smallest absolute Gasteiger partial charge is 0.306 e. The molecule has 0 bridgehead atoms. The molecule has 0 aromatic heterocycles. The predicted molar refractivity (Wildman–Crippen MR) is 131 cm³/mol. The number of amides is 1. The van der Waals surface area contributed by atoms with Gasteiger partial charge in [-0.05, 0) is 60.6 Å². The van der Waals surface area contributed by atoms with Gasteiger partial charge in [-0.3, -0.25) is 9.59 Å². The van der Waals surface area contributed by atoms with Crippen LogP contribution in [0.2, 0.25) is 0 Å².